The largest absolute Gasteiger partial charge is 0.444 e. The number of amides is 1. The smallest absolute Gasteiger partial charge is 0.410 e. The summed E-state index contributed by atoms with van der Waals surface area (Å²) >= 11 is 0. The van der Waals surface area contributed by atoms with Crippen LogP contribution in [0.15, 0.2) is 54.7 Å². The topological polar surface area (TPSA) is 76.5 Å². The molecular formula is C24H28N4O3. The summed E-state index contributed by atoms with van der Waals surface area (Å²) in [5.41, 5.74) is 1.98. The molecule has 2 aromatic carbocycles. The third-order valence-corrected chi connectivity index (χ3v) is 5.26. The molecule has 4 rings (SSSR count). The molecular weight excluding hydrogens is 392 g/mol. The highest BCUT2D eigenvalue weighted by atomic mass is 16.6. The lowest BCUT2D eigenvalue weighted by Gasteiger charge is -2.24. The van der Waals surface area contributed by atoms with Crippen LogP contribution in [0.3, 0.4) is 0 Å². The maximum Gasteiger partial charge on any atom is 0.410 e. The SMILES string of the molecule is CC(C)(C)OC(=O)N1CC[C@@H](NCC(=O)c2ccc(-n3cc4ccccc4n3)cc2)C1. The average Bonchev–Trinajstić information content (AvgIpc) is 3.38. The van der Waals surface area contributed by atoms with E-state index in [0.717, 1.165) is 23.0 Å². The van der Waals surface area contributed by atoms with Crippen molar-refractivity contribution in [2.75, 3.05) is 19.6 Å². The first-order valence-electron chi connectivity index (χ1n) is 10.6. The molecule has 31 heavy (non-hydrogen) atoms. The number of carbonyl (C=O) groups is 2. The van der Waals surface area contributed by atoms with Gasteiger partial charge in [-0.25, -0.2) is 9.48 Å². The van der Waals surface area contributed by atoms with Gasteiger partial charge in [-0.2, -0.15) is 5.10 Å². The van der Waals surface area contributed by atoms with Crippen molar-refractivity contribution in [2.45, 2.75) is 38.8 Å². The fourth-order valence-corrected chi connectivity index (χ4v) is 3.66. The van der Waals surface area contributed by atoms with Gasteiger partial charge in [0.25, 0.3) is 0 Å². The van der Waals surface area contributed by atoms with Crippen molar-refractivity contribution in [3.8, 4) is 5.69 Å². The Labute approximate surface area is 182 Å². The minimum absolute atomic E-state index is 0.0212. The normalized spacial score (nSPS) is 16.6. The van der Waals surface area contributed by atoms with Gasteiger partial charge in [-0.3, -0.25) is 4.79 Å². The lowest BCUT2D eigenvalue weighted by molar-refractivity contribution is 0.0291. The van der Waals surface area contributed by atoms with E-state index in [4.69, 9.17) is 4.74 Å². The number of aromatic nitrogens is 2. The van der Waals surface area contributed by atoms with Crippen LogP contribution in [-0.2, 0) is 4.74 Å². The molecule has 1 aliphatic rings. The summed E-state index contributed by atoms with van der Waals surface area (Å²) in [4.78, 5) is 26.5. The fraction of sp³-hybridized carbons (Fsp3) is 0.375. The van der Waals surface area contributed by atoms with E-state index in [1.54, 1.807) is 4.90 Å². The molecule has 0 spiro atoms. The van der Waals surface area contributed by atoms with Gasteiger partial charge in [0.2, 0.25) is 0 Å². The van der Waals surface area contributed by atoms with Crippen molar-refractivity contribution in [3.05, 3.63) is 60.3 Å². The molecule has 0 unspecified atom stereocenters. The third kappa shape index (κ3) is 5.11. The van der Waals surface area contributed by atoms with Gasteiger partial charge in [0.1, 0.15) is 5.60 Å². The number of nitrogens with zero attached hydrogens (tertiary/aromatic N) is 3. The number of hydrogen-bond acceptors (Lipinski definition) is 5. The zero-order valence-corrected chi connectivity index (χ0v) is 18.2. The number of benzene rings is 2. The molecule has 162 valence electrons. The molecule has 1 fully saturated rings. The third-order valence-electron chi connectivity index (χ3n) is 5.26. The Morgan fingerprint density at radius 2 is 1.87 bits per heavy atom. The number of likely N-dealkylation sites (tertiary alicyclic amines) is 1. The molecule has 7 nitrogen and oxygen atoms in total. The van der Waals surface area contributed by atoms with Crippen LogP contribution < -0.4 is 5.32 Å². The Balaban J connectivity index is 1.31. The molecule has 0 radical (unpaired) electrons. The molecule has 0 saturated carbocycles. The van der Waals surface area contributed by atoms with Crippen molar-refractivity contribution in [3.63, 3.8) is 0 Å². The molecule has 7 heteroatoms. The number of hydrogen-bond donors (Lipinski definition) is 1. The first-order valence-corrected chi connectivity index (χ1v) is 10.6. The highest BCUT2D eigenvalue weighted by Crippen LogP contribution is 2.17. The summed E-state index contributed by atoms with van der Waals surface area (Å²) in [6.45, 7) is 6.99. The van der Waals surface area contributed by atoms with Crippen LogP contribution in [0.2, 0.25) is 0 Å². The Kier molecular flexibility index (Phi) is 5.78. The van der Waals surface area contributed by atoms with Gasteiger partial charge in [0.15, 0.2) is 5.78 Å². The number of rotatable bonds is 5. The van der Waals surface area contributed by atoms with Crippen LogP contribution in [-0.4, -0.2) is 57.8 Å². The fourth-order valence-electron chi connectivity index (χ4n) is 3.66. The van der Waals surface area contributed by atoms with Crippen molar-refractivity contribution in [1.29, 1.82) is 0 Å². The standard InChI is InChI=1S/C24H28N4O3/c1-24(2,3)31-23(30)27-13-12-19(16-27)25-14-22(29)17-8-10-20(11-9-17)28-15-18-6-4-5-7-21(18)26-28/h4-11,15,19,25H,12-14,16H2,1-3H3/t19-/m1/s1. The quantitative estimate of drug-likeness (QED) is 0.635. The summed E-state index contributed by atoms with van der Waals surface area (Å²) in [6, 6.07) is 15.5. The van der Waals surface area contributed by atoms with Crippen LogP contribution in [0, 0.1) is 0 Å². The van der Waals surface area contributed by atoms with Gasteiger partial charge in [-0.15, -0.1) is 0 Å². The van der Waals surface area contributed by atoms with E-state index in [1.807, 2.05) is 80.2 Å². The molecule has 3 aromatic rings. The number of nitrogens with one attached hydrogen (secondary N) is 1. The molecule has 0 aliphatic carbocycles. The van der Waals surface area contributed by atoms with E-state index in [0.29, 0.717) is 18.7 Å². The molecule has 1 amide bonds. The Morgan fingerprint density at radius 1 is 1.13 bits per heavy atom. The van der Waals surface area contributed by atoms with Gasteiger partial charge < -0.3 is 15.0 Å². The summed E-state index contributed by atoms with van der Waals surface area (Å²) in [7, 11) is 0. The lowest BCUT2D eigenvalue weighted by Crippen LogP contribution is -2.39. The van der Waals surface area contributed by atoms with Gasteiger partial charge >= 0.3 is 6.09 Å². The maximum absolute atomic E-state index is 12.6. The van der Waals surface area contributed by atoms with Crippen molar-refractivity contribution < 1.29 is 14.3 Å². The van der Waals surface area contributed by atoms with E-state index < -0.39 is 5.60 Å². The predicted molar refractivity (Wildman–Crippen MR) is 120 cm³/mol. The first-order chi connectivity index (χ1) is 14.8. The molecule has 2 heterocycles. The lowest BCUT2D eigenvalue weighted by atomic mass is 10.1. The highest BCUT2D eigenvalue weighted by molar-refractivity contribution is 5.97. The van der Waals surface area contributed by atoms with Crippen LogP contribution in [0.25, 0.3) is 16.6 Å². The number of fused-ring (bicyclic) bond motifs is 1. The number of Topliss-reactive ketones (excluding diaryl/α,β-unsaturated/α-hetero) is 1. The van der Waals surface area contributed by atoms with E-state index in [-0.39, 0.29) is 24.5 Å². The zero-order chi connectivity index (χ0) is 22.0. The van der Waals surface area contributed by atoms with Crippen molar-refractivity contribution >= 4 is 22.8 Å². The van der Waals surface area contributed by atoms with Gasteiger partial charge in [0.05, 0.1) is 17.7 Å². The molecule has 1 N–H and O–H groups in total. The number of ether oxygens (including phenoxy) is 1. The Morgan fingerprint density at radius 3 is 2.58 bits per heavy atom. The Bertz CT molecular complexity index is 1050. The molecule has 1 aliphatic heterocycles. The summed E-state index contributed by atoms with van der Waals surface area (Å²) in [5, 5.41) is 8.91. The van der Waals surface area contributed by atoms with E-state index in [9.17, 15) is 9.59 Å². The van der Waals surface area contributed by atoms with Crippen molar-refractivity contribution in [1.82, 2.24) is 20.0 Å². The minimum Gasteiger partial charge on any atom is -0.444 e. The van der Waals surface area contributed by atoms with Crippen LogP contribution in [0.5, 0.6) is 0 Å². The summed E-state index contributed by atoms with van der Waals surface area (Å²) < 4.78 is 7.24. The predicted octanol–water partition coefficient (Wildman–Crippen LogP) is 3.81. The van der Waals surface area contributed by atoms with Crippen LogP contribution in [0.1, 0.15) is 37.6 Å². The van der Waals surface area contributed by atoms with E-state index in [1.165, 1.54) is 0 Å². The van der Waals surface area contributed by atoms with Crippen LogP contribution >= 0.6 is 0 Å². The number of ketones is 1. The van der Waals surface area contributed by atoms with E-state index in [2.05, 4.69) is 10.4 Å². The second-order valence-corrected chi connectivity index (χ2v) is 8.90. The average molecular weight is 421 g/mol. The minimum atomic E-state index is -0.506. The van der Waals surface area contributed by atoms with E-state index >= 15 is 0 Å². The number of carbonyl (C=O) groups excluding carboxylic acids is 2. The molecule has 1 atom stereocenters. The highest BCUT2D eigenvalue weighted by Gasteiger charge is 2.29. The molecule has 1 saturated heterocycles. The summed E-state index contributed by atoms with van der Waals surface area (Å²) in [6.07, 6.45) is 2.48. The van der Waals surface area contributed by atoms with Gasteiger partial charge in [-0.05, 0) is 57.5 Å². The molecule has 0 bridgehead atoms. The van der Waals surface area contributed by atoms with Crippen molar-refractivity contribution in [2.24, 2.45) is 0 Å². The van der Waals surface area contributed by atoms with Gasteiger partial charge in [-0.1, -0.05) is 18.2 Å². The molecule has 1 aromatic heterocycles. The van der Waals surface area contributed by atoms with Crippen LogP contribution in [0.4, 0.5) is 4.79 Å². The monoisotopic (exact) mass is 420 g/mol. The first kappa shape index (κ1) is 21.1. The Hall–Kier alpha value is -3.19. The van der Waals surface area contributed by atoms with Gasteiger partial charge in [0, 0.05) is 36.3 Å². The second-order valence-electron chi connectivity index (χ2n) is 8.90. The zero-order valence-electron chi connectivity index (χ0n) is 18.2. The maximum atomic E-state index is 12.6. The second kappa shape index (κ2) is 8.51. The summed E-state index contributed by atoms with van der Waals surface area (Å²) in [5.74, 6) is 0.0212.